The van der Waals surface area contributed by atoms with Crippen LogP contribution in [0.5, 0.6) is 0 Å². The van der Waals surface area contributed by atoms with Crippen LogP contribution >= 0.6 is 0 Å². The van der Waals surface area contributed by atoms with Gasteiger partial charge in [0, 0.05) is 20.0 Å². The van der Waals surface area contributed by atoms with E-state index in [0.717, 1.165) is 19.3 Å². The molecule has 0 aliphatic rings. The summed E-state index contributed by atoms with van der Waals surface area (Å²) in [5.41, 5.74) is 0. The first-order valence-corrected chi connectivity index (χ1v) is 13.1. The van der Waals surface area contributed by atoms with Crippen molar-refractivity contribution in [2.24, 2.45) is 0 Å². The molecular formula is C22H44KNO4S. The molecular weight excluding hydrogens is 413 g/mol. The molecule has 7 heteroatoms. The number of amides is 1. The maximum Gasteiger partial charge on any atom is 1.00 e. The number of hydrogen-bond donors (Lipinski definition) is 0. The second-order valence-corrected chi connectivity index (χ2v) is 9.65. The van der Waals surface area contributed by atoms with Gasteiger partial charge in [0.1, 0.15) is 0 Å². The number of carbonyl (C=O) groups excluding carboxylic acids is 1. The third-order valence-corrected chi connectivity index (χ3v) is 6.03. The molecule has 29 heavy (non-hydrogen) atoms. The minimum atomic E-state index is -4.25. The van der Waals surface area contributed by atoms with Crippen molar-refractivity contribution in [3.05, 3.63) is 0 Å². The number of carbonyl (C=O) groups is 1. The van der Waals surface area contributed by atoms with Crippen LogP contribution in [0.25, 0.3) is 0 Å². The van der Waals surface area contributed by atoms with E-state index in [1.165, 1.54) is 88.4 Å². The zero-order valence-electron chi connectivity index (χ0n) is 19.4. The average molecular weight is 458 g/mol. The normalized spacial score (nSPS) is 11.3. The molecule has 0 radical (unpaired) electrons. The van der Waals surface area contributed by atoms with E-state index in [9.17, 15) is 17.8 Å². The Labute approximate surface area is 223 Å². The Kier molecular flexibility index (Phi) is 24.7. The maximum atomic E-state index is 11.8. The summed E-state index contributed by atoms with van der Waals surface area (Å²) in [6.45, 7) is 2.25. The maximum absolute atomic E-state index is 11.8. The summed E-state index contributed by atoms with van der Waals surface area (Å²) in [6, 6.07) is 0. The second kappa shape index (κ2) is 22.2. The number of nitrogens with zero attached hydrogens (tertiary/aromatic N) is 1. The van der Waals surface area contributed by atoms with Crippen molar-refractivity contribution in [2.75, 3.05) is 19.3 Å². The molecule has 0 atom stereocenters. The van der Waals surface area contributed by atoms with Gasteiger partial charge >= 0.3 is 51.4 Å². The molecule has 0 saturated carbocycles. The van der Waals surface area contributed by atoms with Crippen molar-refractivity contribution < 1.29 is 69.1 Å². The fourth-order valence-electron chi connectivity index (χ4n) is 3.39. The van der Waals surface area contributed by atoms with E-state index < -0.39 is 15.9 Å². The fourth-order valence-corrected chi connectivity index (χ4v) is 3.89. The topological polar surface area (TPSA) is 77.5 Å². The second-order valence-electron chi connectivity index (χ2n) is 8.13. The number of hydrogen-bond acceptors (Lipinski definition) is 4. The fraction of sp³-hybridized carbons (Fsp3) is 0.955. The third kappa shape index (κ3) is 25.2. The molecule has 0 fully saturated rings. The predicted octanol–water partition coefficient (Wildman–Crippen LogP) is 2.65. The van der Waals surface area contributed by atoms with Gasteiger partial charge in [0.25, 0.3) is 0 Å². The molecule has 0 bridgehead atoms. The Bertz CT molecular complexity index is 471. The average Bonchev–Trinajstić information content (AvgIpc) is 2.65. The van der Waals surface area contributed by atoms with E-state index in [1.807, 2.05) is 0 Å². The molecule has 0 N–H and O–H groups in total. The Hall–Kier alpha value is 1.02. The van der Waals surface area contributed by atoms with Gasteiger partial charge < -0.3 is 9.45 Å². The molecule has 0 heterocycles. The van der Waals surface area contributed by atoms with Crippen molar-refractivity contribution >= 4 is 16.0 Å². The van der Waals surface area contributed by atoms with Crippen molar-refractivity contribution in [3.63, 3.8) is 0 Å². The zero-order chi connectivity index (χ0) is 21.1. The van der Waals surface area contributed by atoms with Gasteiger partial charge in [0.15, 0.2) is 0 Å². The molecule has 0 aliphatic heterocycles. The Morgan fingerprint density at radius 2 is 1.07 bits per heavy atom. The molecule has 0 rings (SSSR count). The SMILES string of the molecule is CCCCCCCCCCCCCCCCCCC(=O)N(C)CCS(=O)(=O)[O-].[K+]. The standard InChI is InChI=1S/C22H45NO4S.K/c1-3-4-5-6-7-8-9-10-11-12-13-14-15-16-17-18-19-22(24)23(2)20-21-28(25,26)27;/h3-21H2,1-2H3,(H,25,26,27);/q;+1/p-1. The minimum Gasteiger partial charge on any atom is -0.748 e. The van der Waals surface area contributed by atoms with Gasteiger partial charge in [-0.15, -0.1) is 0 Å². The van der Waals surface area contributed by atoms with Crippen LogP contribution in [0, 0.1) is 0 Å². The predicted molar refractivity (Wildman–Crippen MR) is 116 cm³/mol. The van der Waals surface area contributed by atoms with Crippen LogP contribution in [0.2, 0.25) is 0 Å². The largest absolute Gasteiger partial charge is 1.00 e. The molecule has 0 spiro atoms. The molecule has 168 valence electrons. The third-order valence-electron chi connectivity index (χ3n) is 5.35. The van der Waals surface area contributed by atoms with Crippen molar-refractivity contribution in [1.29, 1.82) is 0 Å². The first-order valence-electron chi connectivity index (χ1n) is 11.5. The van der Waals surface area contributed by atoms with Gasteiger partial charge in [-0.05, 0) is 6.42 Å². The van der Waals surface area contributed by atoms with Crippen LogP contribution in [0.1, 0.15) is 116 Å². The van der Waals surface area contributed by atoms with E-state index in [2.05, 4.69) is 6.92 Å². The molecule has 0 aliphatic carbocycles. The summed E-state index contributed by atoms with van der Waals surface area (Å²) in [7, 11) is -2.69. The molecule has 0 aromatic heterocycles. The molecule has 5 nitrogen and oxygen atoms in total. The van der Waals surface area contributed by atoms with E-state index in [0.29, 0.717) is 6.42 Å². The van der Waals surface area contributed by atoms with Crippen molar-refractivity contribution in [3.8, 4) is 0 Å². The summed E-state index contributed by atoms with van der Waals surface area (Å²) in [5, 5.41) is 0. The van der Waals surface area contributed by atoms with Gasteiger partial charge in [-0.2, -0.15) is 0 Å². The number of rotatable bonds is 20. The van der Waals surface area contributed by atoms with E-state index in [4.69, 9.17) is 0 Å². The Morgan fingerprint density at radius 1 is 0.724 bits per heavy atom. The Balaban J connectivity index is 0. The van der Waals surface area contributed by atoms with Gasteiger partial charge in [-0.3, -0.25) is 4.79 Å². The van der Waals surface area contributed by atoms with Gasteiger partial charge in [-0.1, -0.05) is 103 Å². The summed E-state index contributed by atoms with van der Waals surface area (Å²) >= 11 is 0. The molecule has 0 unspecified atom stereocenters. The van der Waals surface area contributed by atoms with Gasteiger partial charge in [0.05, 0.1) is 15.9 Å². The van der Waals surface area contributed by atoms with Crippen LogP contribution in [0.3, 0.4) is 0 Å². The van der Waals surface area contributed by atoms with E-state index in [1.54, 1.807) is 7.05 Å². The van der Waals surface area contributed by atoms with Gasteiger partial charge in [0.2, 0.25) is 5.91 Å². The van der Waals surface area contributed by atoms with Crippen molar-refractivity contribution in [2.45, 2.75) is 116 Å². The molecule has 0 aromatic carbocycles. The molecule has 0 aromatic rings. The Morgan fingerprint density at radius 3 is 1.41 bits per heavy atom. The first kappa shape index (κ1) is 32.2. The smallest absolute Gasteiger partial charge is 0.748 e. The van der Waals surface area contributed by atoms with E-state index in [-0.39, 0.29) is 63.8 Å². The van der Waals surface area contributed by atoms with Crippen LogP contribution in [-0.2, 0) is 14.9 Å². The van der Waals surface area contributed by atoms with Crippen molar-refractivity contribution in [1.82, 2.24) is 4.90 Å². The van der Waals surface area contributed by atoms with Gasteiger partial charge in [-0.25, -0.2) is 8.42 Å². The van der Waals surface area contributed by atoms with Crippen LogP contribution in [0.15, 0.2) is 0 Å². The number of unbranched alkanes of at least 4 members (excludes halogenated alkanes) is 15. The summed E-state index contributed by atoms with van der Waals surface area (Å²) < 4.78 is 31.7. The molecule has 1 amide bonds. The zero-order valence-corrected chi connectivity index (χ0v) is 23.4. The first-order chi connectivity index (χ1) is 13.4. The monoisotopic (exact) mass is 457 g/mol. The summed E-state index contributed by atoms with van der Waals surface area (Å²) in [6.07, 6.45) is 21.2. The van der Waals surface area contributed by atoms with E-state index >= 15 is 0 Å². The van der Waals surface area contributed by atoms with Crippen LogP contribution < -0.4 is 51.4 Å². The van der Waals surface area contributed by atoms with Crippen LogP contribution in [0.4, 0.5) is 0 Å². The molecule has 0 saturated heterocycles. The van der Waals surface area contributed by atoms with Crippen LogP contribution in [-0.4, -0.2) is 43.1 Å². The quantitative estimate of drug-likeness (QED) is 0.160. The summed E-state index contributed by atoms with van der Waals surface area (Å²) in [5.74, 6) is -0.581. The summed E-state index contributed by atoms with van der Waals surface area (Å²) in [4.78, 5) is 13.2. The minimum absolute atomic E-state index is 0.